The van der Waals surface area contributed by atoms with E-state index in [1.807, 2.05) is 0 Å². The summed E-state index contributed by atoms with van der Waals surface area (Å²) >= 11 is 4.59. The second-order valence-corrected chi connectivity index (χ2v) is 6.94. The molecule has 1 heteroatoms. The molecule has 0 unspecified atom stereocenters. The van der Waals surface area contributed by atoms with Crippen LogP contribution in [0.4, 0.5) is 0 Å². The summed E-state index contributed by atoms with van der Waals surface area (Å²) < 4.78 is 0. The second kappa shape index (κ2) is 6.33. The molecule has 0 spiro atoms. The lowest BCUT2D eigenvalue weighted by atomic mass is 9.74. The minimum Gasteiger partial charge on any atom is -0.176 e. The molecule has 0 aliphatic heterocycles. The molecule has 16 heavy (non-hydrogen) atoms. The maximum Gasteiger partial charge on any atom is 0.00170 e. The Bertz CT molecular complexity index is 186. The van der Waals surface area contributed by atoms with Gasteiger partial charge in [0.1, 0.15) is 0 Å². The first-order valence-electron chi connectivity index (χ1n) is 7.46. The molecule has 0 nitrogen and oxygen atoms in total. The zero-order chi connectivity index (χ0) is 11.4. The SMILES string of the molecule is CCC1CCC(CC2CCC(S)CC2)CC1. The van der Waals surface area contributed by atoms with Crippen LogP contribution in [0.2, 0.25) is 0 Å². The summed E-state index contributed by atoms with van der Waals surface area (Å²) in [5.74, 6) is 3.18. The van der Waals surface area contributed by atoms with E-state index in [2.05, 4.69) is 19.6 Å². The van der Waals surface area contributed by atoms with E-state index >= 15 is 0 Å². The van der Waals surface area contributed by atoms with Crippen molar-refractivity contribution in [2.45, 2.75) is 76.4 Å². The van der Waals surface area contributed by atoms with Gasteiger partial charge in [0.25, 0.3) is 0 Å². The summed E-state index contributed by atoms with van der Waals surface area (Å²) in [7, 11) is 0. The third kappa shape index (κ3) is 3.68. The van der Waals surface area contributed by atoms with Crippen molar-refractivity contribution in [2.24, 2.45) is 17.8 Å². The molecule has 0 radical (unpaired) electrons. The first-order chi connectivity index (χ1) is 7.78. The number of hydrogen-bond donors (Lipinski definition) is 1. The fourth-order valence-electron chi connectivity index (χ4n) is 3.73. The van der Waals surface area contributed by atoms with Crippen molar-refractivity contribution in [2.75, 3.05) is 0 Å². The molecule has 0 aromatic rings. The molecular formula is C15H28S. The Morgan fingerprint density at radius 3 is 1.69 bits per heavy atom. The summed E-state index contributed by atoms with van der Waals surface area (Å²) in [6, 6.07) is 0. The smallest absolute Gasteiger partial charge is 0.00170 e. The number of hydrogen-bond acceptors (Lipinski definition) is 1. The van der Waals surface area contributed by atoms with E-state index in [9.17, 15) is 0 Å². The van der Waals surface area contributed by atoms with E-state index in [0.29, 0.717) is 5.25 Å². The number of thiol groups is 1. The lowest BCUT2D eigenvalue weighted by Crippen LogP contribution is -2.20. The molecule has 0 bridgehead atoms. The highest BCUT2D eigenvalue weighted by Crippen LogP contribution is 2.38. The minimum atomic E-state index is 0.715. The summed E-state index contributed by atoms with van der Waals surface area (Å²) in [6.45, 7) is 2.36. The molecule has 0 saturated heterocycles. The zero-order valence-corrected chi connectivity index (χ0v) is 11.7. The molecule has 2 fully saturated rings. The van der Waals surface area contributed by atoms with Crippen LogP contribution in [-0.4, -0.2) is 5.25 Å². The van der Waals surface area contributed by atoms with Crippen LogP contribution in [0.25, 0.3) is 0 Å². The van der Waals surface area contributed by atoms with Crippen molar-refractivity contribution in [3.05, 3.63) is 0 Å². The van der Waals surface area contributed by atoms with Crippen molar-refractivity contribution >= 4 is 12.6 Å². The summed E-state index contributed by atoms with van der Waals surface area (Å²) in [5.41, 5.74) is 0. The fraction of sp³-hybridized carbons (Fsp3) is 1.00. The van der Waals surface area contributed by atoms with Gasteiger partial charge in [-0.2, -0.15) is 12.6 Å². The standard InChI is InChI=1S/C15H28S/c1-2-12-3-5-13(6-4-12)11-14-7-9-15(16)10-8-14/h12-16H,2-11H2,1H3. The Morgan fingerprint density at radius 2 is 1.19 bits per heavy atom. The highest BCUT2D eigenvalue weighted by molar-refractivity contribution is 7.80. The predicted octanol–water partition coefficient (Wildman–Crippen LogP) is 5.08. The van der Waals surface area contributed by atoms with Gasteiger partial charge in [-0.15, -0.1) is 0 Å². The lowest BCUT2D eigenvalue weighted by molar-refractivity contribution is 0.210. The largest absolute Gasteiger partial charge is 0.176 e. The van der Waals surface area contributed by atoms with Crippen LogP contribution in [0, 0.1) is 17.8 Å². The molecule has 0 N–H and O–H groups in total. The van der Waals surface area contributed by atoms with Crippen LogP contribution in [0.15, 0.2) is 0 Å². The van der Waals surface area contributed by atoms with Gasteiger partial charge >= 0.3 is 0 Å². The molecule has 0 aromatic heterocycles. The molecule has 0 amide bonds. The normalized spacial score (nSPS) is 40.9. The van der Waals surface area contributed by atoms with Gasteiger partial charge in [0, 0.05) is 5.25 Å². The predicted molar refractivity (Wildman–Crippen MR) is 75.1 cm³/mol. The van der Waals surface area contributed by atoms with E-state index in [4.69, 9.17) is 0 Å². The molecule has 0 aromatic carbocycles. The molecule has 2 aliphatic rings. The van der Waals surface area contributed by atoms with Crippen molar-refractivity contribution in [3.63, 3.8) is 0 Å². The summed E-state index contributed by atoms with van der Waals surface area (Å²) in [4.78, 5) is 0. The maximum atomic E-state index is 4.59. The van der Waals surface area contributed by atoms with E-state index in [1.54, 1.807) is 0 Å². The van der Waals surface area contributed by atoms with Gasteiger partial charge in [0.15, 0.2) is 0 Å². The topological polar surface area (TPSA) is 0 Å². The van der Waals surface area contributed by atoms with Gasteiger partial charge in [-0.05, 0) is 49.9 Å². The van der Waals surface area contributed by atoms with Crippen molar-refractivity contribution in [3.8, 4) is 0 Å². The average molecular weight is 240 g/mol. The molecule has 2 rings (SSSR count). The highest BCUT2D eigenvalue weighted by Gasteiger charge is 2.25. The third-order valence-electron chi connectivity index (χ3n) is 5.03. The van der Waals surface area contributed by atoms with Crippen LogP contribution < -0.4 is 0 Å². The second-order valence-electron chi connectivity index (χ2n) is 6.21. The highest BCUT2D eigenvalue weighted by atomic mass is 32.1. The Kier molecular flexibility index (Phi) is 5.06. The van der Waals surface area contributed by atoms with Crippen molar-refractivity contribution in [1.82, 2.24) is 0 Å². The van der Waals surface area contributed by atoms with Crippen LogP contribution in [-0.2, 0) is 0 Å². The molecule has 2 aliphatic carbocycles. The Balaban J connectivity index is 1.66. The average Bonchev–Trinajstić information content (AvgIpc) is 2.33. The first kappa shape index (κ1) is 12.8. The van der Waals surface area contributed by atoms with Crippen LogP contribution >= 0.6 is 12.6 Å². The zero-order valence-electron chi connectivity index (χ0n) is 10.8. The summed E-state index contributed by atoms with van der Waals surface area (Å²) in [5, 5.41) is 0.715. The van der Waals surface area contributed by atoms with Gasteiger partial charge in [-0.3, -0.25) is 0 Å². The van der Waals surface area contributed by atoms with Gasteiger partial charge in [-0.25, -0.2) is 0 Å². The van der Waals surface area contributed by atoms with E-state index in [1.165, 1.54) is 64.2 Å². The quantitative estimate of drug-likeness (QED) is 0.653. The Hall–Kier alpha value is 0.350. The summed E-state index contributed by atoms with van der Waals surface area (Å²) in [6.07, 6.45) is 14.7. The molecule has 94 valence electrons. The van der Waals surface area contributed by atoms with Crippen molar-refractivity contribution in [1.29, 1.82) is 0 Å². The van der Waals surface area contributed by atoms with Crippen LogP contribution in [0.5, 0.6) is 0 Å². The molecule has 0 heterocycles. The van der Waals surface area contributed by atoms with Crippen molar-refractivity contribution < 1.29 is 0 Å². The Morgan fingerprint density at radius 1 is 0.750 bits per heavy atom. The molecule has 0 atom stereocenters. The monoisotopic (exact) mass is 240 g/mol. The minimum absolute atomic E-state index is 0.715. The third-order valence-corrected chi connectivity index (χ3v) is 5.54. The van der Waals surface area contributed by atoms with E-state index in [0.717, 1.165) is 17.8 Å². The van der Waals surface area contributed by atoms with Gasteiger partial charge < -0.3 is 0 Å². The van der Waals surface area contributed by atoms with E-state index < -0.39 is 0 Å². The van der Waals surface area contributed by atoms with Gasteiger partial charge in [0.05, 0.1) is 0 Å². The molecule has 2 saturated carbocycles. The lowest BCUT2D eigenvalue weighted by Gasteiger charge is -2.33. The van der Waals surface area contributed by atoms with E-state index in [-0.39, 0.29) is 0 Å². The first-order valence-corrected chi connectivity index (χ1v) is 7.97. The van der Waals surface area contributed by atoms with Crippen LogP contribution in [0.1, 0.15) is 71.1 Å². The van der Waals surface area contributed by atoms with Gasteiger partial charge in [-0.1, -0.05) is 39.0 Å². The number of rotatable bonds is 3. The molecular weight excluding hydrogens is 212 g/mol. The maximum absolute atomic E-state index is 4.59. The Labute approximate surface area is 107 Å². The fourth-order valence-corrected chi connectivity index (χ4v) is 4.03. The van der Waals surface area contributed by atoms with Gasteiger partial charge in [0.2, 0.25) is 0 Å². The van der Waals surface area contributed by atoms with Crippen LogP contribution in [0.3, 0.4) is 0 Å².